The topological polar surface area (TPSA) is 41.4 Å². The lowest BCUT2D eigenvalue weighted by Gasteiger charge is -2.33. The summed E-state index contributed by atoms with van der Waals surface area (Å²) in [6, 6.07) is 2.00. The molecule has 5 nitrogen and oxygen atoms in total. The van der Waals surface area contributed by atoms with Crippen LogP contribution in [0, 0.1) is 0 Å². The fraction of sp³-hybridized carbons (Fsp3) is 0.556. The predicted octanol–water partition coefficient (Wildman–Crippen LogP) is 0.461. The number of amides is 1. The van der Waals surface area contributed by atoms with Gasteiger partial charge in [0, 0.05) is 39.3 Å². The Labute approximate surface area is 96.8 Å². The fourth-order valence-corrected chi connectivity index (χ4v) is 2.22. The van der Waals surface area contributed by atoms with Gasteiger partial charge in [0.25, 0.3) is 0 Å². The van der Waals surface area contributed by atoms with Crippen molar-refractivity contribution in [1.82, 2.24) is 14.7 Å². The first-order valence-corrected chi connectivity index (χ1v) is 5.64. The van der Waals surface area contributed by atoms with Gasteiger partial charge in [-0.3, -0.25) is 9.48 Å². The van der Waals surface area contributed by atoms with Crippen LogP contribution in [0.2, 0.25) is 0 Å². The first kappa shape index (κ1) is 10.5. The van der Waals surface area contributed by atoms with Crippen LogP contribution in [-0.4, -0.2) is 47.3 Å². The normalized spacial score (nSPS) is 16.9. The number of anilines is 1. The van der Waals surface area contributed by atoms with E-state index in [-0.39, 0.29) is 0 Å². The molecular weight excluding hydrogens is 260 g/mol. The molecule has 1 aromatic heterocycles. The molecule has 6 heteroatoms. The summed E-state index contributed by atoms with van der Waals surface area (Å²) in [6.45, 7) is 3.30. The van der Waals surface area contributed by atoms with Crippen LogP contribution in [0.4, 0.5) is 5.82 Å². The Bertz CT molecular complexity index is 357. The number of nitrogens with zero attached hydrogens (tertiary/aromatic N) is 4. The van der Waals surface area contributed by atoms with Gasteiger partial charge in [-0.15, -0.1) is 0 Å². The summed E-state index contributed by atoms with van der Waals surface area (Å²) in [7, 11) is 1.92. The van der Waals surface area contributed by atoms with Crippen LogP contribution in [-0.2, 0) is 11.8 Å². The summed E-state index contributed by atoms with van der Waals surface area (Å²) >= 11 is 3.35. The minimum absolute atomic E-state index is 0.784. The molecule has 1 aliphatic heterocycles. The van der Waals surface area contributed by atoms with E-state index >= 15 is 0 Å². The van der Waals surface area contributed by atoms with Crippen LogP contribution in [0.1, 0.15) is 0 Å². The van der Waals surface area contributed by atoms with Crippen molar-refractivity contribution >= 4 is 28.2 Å². The van der Waals surface area contributed by atoms with E-state index in [1.807, 2.05) is 17.8 Å². The third-order valence-electron chi connectivity index (χ3n) is 2.61. The van der Waals surface area contributed by atoms with E-state index in [9.17, 15) is 4.79 Å². The van der Waals surface area contributed by atoms with Gasteiger partial charge in [-0.2, -0.15) is 5.10 Å². The van der Waals surface area contributed by atoms with Crippen molar-refractivity contribution in [3.63, 3.8) is 0 Å². The van der Waals surface area contributed by atoms with Gasteiger partial charge in [0.05, 0.1) is 0 Å². The maximum atomic E-state index is 10.6. The maximum Gasteiger partial charge on any atom is 0.209 e. The number of hydrogen-bond acceptors (Lipinski definition) is 3. The Balaban J connectivity index is 2.07. The molecule has 1 saturated heterocycles. The van der Waals surface area contributed by atoms with Gasteiger partial charge < -0.3 is 9.80 Å². The Morgan fingerprint density at radius 2 is 2.07 bits per heavy atom. The monoisotopic (exact) mass is 272 g/mol. The highest BCUT2D eigenvalue weighted by Crippen LogP contribution is 2.19. The van der Waals surface area contributed by atoms with E-state index in [0.717, 1.165) is 43.0 Å². The van der Waals surface area contributed by atoms with Gasteiger partial charge in [0.1, 0.15) is 10.4 Å². The van der Waals surface area contributed by atoms with Crippen LogP contribution in [0.25, 0.3) is 0 Å². The first-order chi connectivity index (χ1) is 7.20. The molecule has 1 fully saturated rings. The molecule has 82 valence electrons. The van der Waals surface area contributed by atoms with E-state index in [4.69, 9.17) is 0 Å². The molecule has 0 aromatic carbocycles. The minimum Gasteiger partial charge on any atom is -0.353 e. The molecule has 1 aliphatic rings. The molecule has 2 heterocycles. The van der Waals surface area contributed by atoms with Gasteiger partial charge in [-0.1, -0.05) is 0 Å². The number of aromatic nitrogens is 2. The molecule has 1 amide bonds. The smallest absolute Gasteiger partial charge is 0.209 e. The zero-order valence-corrected chi connectivity index (χ0v) is 10.1. The van der Waals surface area contributed by atoms with Gasteiger partial charge in [0.2, 0.25) is 6.41 Å². The van der Waals surface area contributed by atoms with Crippen molar-refractivity contribution in [2.24, 2.45) is 7.05 Å². The van der Waals surface area contributed by atoms with E-state index in [1.54, 1.807) is 4.90 Å². The highest BCUT2D eigenvalue weighted by Gasteiger charge is 2.18. The van der Waals surface area contributed by atoms with Gasteiger partial charge in [-0.25, -0.2) is 0 Å². The van der Waals surface area contributed by atoms with E-state index in [2.05, 4.69) is 25.9 Å². The second kappa shape index (κ2) is 4.22. The van der Waals surface area contributed by atoms with Crippen LogP contribution < -0.4 is 4.90 Å². The number of piperazine rings is 1. The molecule has 15 heavy (non-hydrogen) atoms. The average Bonchev–Trinajstić information content (AvgIpc) is 2.58. The van der Waals surface area contributed by atoms with Crippen molar-refractivity contribution in [2.75, 3.05) is 31.1 Å². The number of hydrogen-bond donors (Lipinski definition) is 0. The van der Waals surface area contributed by atoms with Crippen LogP contribution in [0.15, 0.2) is 10.7 Å². The lowest BCUT2D eigenvalue weighted by molar-refractivity contribution is -0.118. The Hall–Kier alpha value is -1.04. The van der Waals surface area contributed by atoms with Gasteiger partial charge >= 0.3 is 0 Å². The number of halogens is 1. The SMILES string of the molecule is Cn1nc(Br)cc1N1CCN(C=O)CC1. The quantitative estimate of drug-likeness (QED) is 0.735. The average molecular weight is 273 g/mol. The first-order valence-electron chi connectivity index (χ1n) is 4.84. The molecule has 1 aromatic rings. The van der Waals surface area contributed by atoms with Crippen LogP contribution >= 0.6 is 15.9 Å². The van der Waals surface area contributed by atoms with Crippen molar-refractivity contribution in [3.8, 4) is 0 Å². The van der Waals surface area contributed by atoms with Gasteiger partial charge in [0.15, 0.2) is 0 Å². The van der Waals surface area contributed by atoms with Crippen molar-refractivity contribution in [1.29, 1.82) is 0 Å². The summed E-state index contributed by atoms with van der Waals surface area (Å²) in [5.41, 5.74) is 0. The molecule has 0 N–H and O–H groups in total. The predicted molar refractivity (Wildman–Crippen MR) is 60.8 cm³/mol. The van der Waals surface area contributed by atoms with Crippen LogP contribution in [0.5, 0.6) is 0 Å². The molecule has 0 aliphatic carbocycles. The largest absolute Gasteiger partial charge is 0.353 e. The highest BCUT2D eigenvalue weighted by atomic mass is 79.9. The lowest BCUT2D eigenvalue weighted by atomic mass is 10.3. The van der Waals surface area contributed by atoms with Crippen molar-refractivity contribution < 1.29 is 4.79 Å². The second-order valence-corrected chi connectivity index (χ2v) is 4.39. The maximum absolute atomic E-state index is 10.6. The van der Waals surface area contributed by atoms with Crippen molar-refractivity contribution in [3.05, 3.63) is 10.7 Å². The van der Waals surface area contributed by atoms with Gasteiger partial charge in [-0.05, 0) is 15.9 Å². The number of aryl methyl sites for hydroxylation is 1. The molecule has 0 spiro atoms. The van der Waals surface area contributed by atoms with E-state index in [1.165, 1.54) is 0 Å². The summed E-state index contributed by atoms with van der Waals surface area (Å²) in [5.74, 6) is 1.09. The molecule has 0 saturated carbocycles. The Morgan fingerprint density at radius 3 is 2.53 bits per heavy atom. The third-order valence-corrected chi connectivity index (χ3v) is 3.00. The molecule has 2 rings (SSSR count). The highest BCUT2D eigenvalue weighted by molar-refractivity contribution is 9.10. The van der Waals surface area contributed by atoms with E-state index in [0.29, 0.717) is 0 Å². The molecule has 0 unspecified atom stereocenters. The standard InChI is InChI=1S/C9H13BrN4O/c1-12-9(6-8(10)11-12)14-4-2-13(7-15)3-5-14/h6-7H,2-5H2,1H3. The number of carbonyl (C=O) groups is 1. The molecule has 0 radical (unpaired) electrons. The van der Waals surface area contributed by atoms with Crippen LogP contribution in [0.3, 0.4) is 0 Å². The summed E-state index contributed by atoms with van der Waals surface area (Å²) in [4.78, 5) is 14.6. The zero-order valence-electron chi connectivity index (χ0n) is 8.56. The Morgan fingerprint density at radius 1 is 1.40 bits per heavy atom. The fourth-order valence-electron chi connectivity index (χ4n) is 1.78. The summed E-state index contributed by atoms with van der Waals surface area (Å²) in [6.07, 6.45) is 0.913. The lowest BCUT2D eigenvalue weighted by Crippen LogP contribution is -2.46. The molecular formula is C9H13BrN4O. The number of rotatable bonds is 2. The second-order valence-electron chi connectivity index (χ2n) is 3.58. The summed E-state index contributed by atoms with van der Waals surface area (Å²) < 4.78 is 2.69. The number of carbonyl (C=O) groups excluding carboxylic acids is 1. The molecule has 0 bridgehead atoms. The molecule has 0 atom stereocenters. The van der Waals surface area contributed by atoms with E-state index < -0.39 is 0 Å². The third kappa shape index (κ3) is 2.14. The Kier molecular flexibility index (Phi) is 2.95. The minimum atomic E-state index is 0.784. The zero-order chi connectivity index (χ0) is 10.8. The van der Waals surface area contributed by atoms with Crippen molar-refractivity contribution in [2.45, 2.75) is 0 Å². The summed E-state index contributed by atoms with van der Waals surface area (Å²) in [5, 5.41) is 4.23.